The largest absolute Gasteiger partial charge is 0.378 e. The average Bonchev–Trinajstić information content (AvgIpc) is 3.13. The summed E-state index contributed by atoms with van der Waals surface area (Å²) >= 11 is 0. The normalized spacial score (nSPS) is 16.2. The van der Waals surface area contributed by atoms with Crippen molar-refractivity contribution in [1.82, 2.24) is 0 Å². The molecule has 1 aliphatic rings. The Balaban J connectivity index is 1.86. The molecule has 1 unspecified atom stereocenters. The van der Waals surface area contributed by atoms with Gasteiger partial charge in [-0.1, -0.05) is 0 Å². The van der Waals surface area contributed by atoms with Crippen LogP contribution in [0.1, 0.15) is 19.3 Å². The van der Waals surface area contributed by atoms with Gasteiger partial charge < -0.3 is 16.0 Å². The van der Waals surface area contributed by atoms with Crippen LogP contribution in [0.3, 0.4) is 0 Å². The second kappa shape index (κ2) is 5.40. The lowest BCUT2D eigenvalue weighted by atomic mass is 10.1. The van der Waals surface area contributed by atoms with Gasteiger partial charge in [0, 0.05) is 37.9 Å². The Morgan fingerprint density at radius 1 is 1.39 bits per heavy atom. The molecule has 4 nitrogen and oxygen atoms in total. The first-order valence-electron chi connectivity index (χ1n) is 6.39. The first-order valence-corrected chi connectivity index (χ1v) is 6.39. The lowest BCUT2D eigenvalue weighted by Crippen LogP contribution is -2.28. The number of nitrogens with two attached hydrogens (primary N) is 1. The van der Waals surface area contributed by atoms with Crippen molar-refractivity contribution in [2.45, 2.75) is 25.3 Å². The van der Waals surface area contributed by atoms with E-state index < -0.39 is 0 Å². The highest BCUT2D eigenvalue weighted by molar-refractivity contribution is 5.91. The summed E-state index contributed by atoms with van der Waals surface area (Å²) in [6.07, 6.45) is 2.76. The first kappa shape index (κ1) is 12.9. The van der Waals surface area contributed by atoms with Crippen LogP contribution in [0.4, 0.5) is 11.4 Å². The molecule has 0 radical (unpaired) electrons. The topological polar surface area (TPSA) is 58.4 Å². The summed E-state index contributed by atoms with van der Waals surface area (Å²) in [5, 5.41) is 2.88. The molecule has 0 saturated heterocycles. The Labute approximate surface area is 108 Å². The van der Waals surface area contributed by atoms with Gasteiger partial charge in [0.15, 0.2) is 0 Å². The maximum Gasteiger partial charge on any atom is 0.225 e. The monoisotopic (exact) mass is 247 g/mol. The fourth-order valence-electron chi connectivity index (χ4n) is 1.96. The number of nitrogens with one attached hydrogen (secondary N) is 1. The third-order valence-corrected chi connectivity index (χ3v) is 3.32. The van der Waals surface area contributed by atoms with Gasteiger partial charge in [-0.2, -0.15) is 0 Å². The predicted molar refractivity (Wildman–Crippen MR) is 74.7 cm³/mol. The van der Waals surface area contributed by atoms with Crippen LogP contribution in [-0.4, -0.2) is 26.0 Å². The minimum Gasteiger partial charge on any atom is -0.378 e. The fraction of sp³-hybridized carbons (Fsp3) is 0.500. The lowest BCUT2D eigenvalue weighted by Gasteiger charge is -2.14. The zero-order valence-corrected chi connectivity index (χ0v) is 11.0. The van der Waals surface area contributed by atoms with E-state index in [4.69, 9.17) is 5.73 Å². The third-order valence-electron chi connectivity index (χ3n) is 3.32. The molecule has 1 aromatic rings. The maximum absolute atomic E-state index is 11.8. The number of anilines is 2. The second-order valence-electron chi connectivity index (χ2n) is 5.19. The van der Waals surface area contributed by atoms with Crippen molar-refractivity contribution >= 4 is 17.3 Å². The van der Waals surface area contributed by atoms with E-state index in [1.165, 1.54) is 12.8 Å². The molecular formula is C14H21N3O. The van der Waals surface area contributed by atoms with Gasteiger partial charge in [0.1, 0.15) is 0 Å². The highest BCUT2D eigenvalue weighted by atomic mass is 16.1. The number of hydrogen-bond donors (Lipinski definition) is 2. The van der Waals surface area contributed by atoms with E-state index in [9.17, 15) is 4.79 Å². The molecule has 1 atom stereocenters. The predicted octanol–water partition coefficient (Wildman–Crippen LogP) is 1.82. The Bertz CT molecular complexity index is 410. The summed E-state index contributed by atoms with van der Waals surface area (Å²) < 4.78 is 0. The van der Waals surface area contributed by atoms with Crippen LogP contribution in [0.25, 0.3) is 0 Å². The van der Waals surface area contributed by atoms with Crippen LogP contribution in [-0.2, 0) is 4.79 Å². The molecule has 2 rings (SSSR count). The minimum absolute atomic E-state index is 0.00648. The van der Waals surface area contributed by atoms with E-state index in [1.807, 2.05) is 43.3 Å². The average molecular weight is 247 g/mol. The SMILES string of the molecule is CN(C)c1ccc(NC(=O)CC(N)C2CC2)cc1. The van der Waals surface area contributed by atoms with E-state index in [2.05, 4.69) is 5.32 Å². The summed E-state index contributed by atoms with van der Waals surface area (Å²) in [5.74, 6) is 0.568. The lowest BCUT2D eigenvalue weighted by molar-refractivity contribution is -0.116. The van der Waals surface area contributed by atoms with Gasteiger partial charge in [0.25, 0.3) is 0 Å². The van der Waals surface area contributed by atoms with Gasteiger partial charge >= 0.3 is 0 Å². The summed E-state index contributed by atoms with van der Waals surface area (Å²) in [6, 6.07) is 7.81. The summed E-state index contributed by atoms with van der Waals surface area (Å²) in [5.41, 5.74) is 7.87. The summed E-state index contributed by atoms with van der Waals surface area (Å²) in [4.78, 5) is 13.8. The van der Waals surface area contributed by atoms with E-state index in [-0.39, 0.29) is 11.9 Å². The molecule has 0 bridgehead atoms. The molecule has 1 amide bonds. The standard InChI is InChI=1S/C14H21N3O/c1-17(2)12-7-5-11(6-8-12)16-14(18)9-13(15)10-3-4-10/h5-8,10,13H,3-4,9,15H2,1-2H3,(H,16,18). The molecule has 1 saturated carbocycles. The van der Waals surface area contributed by atoms with Crippen LogP contribution in [0, 0.1) is 5.92 Å². The number of amides is 1. The fourth-order valence-corrected chi connectivity index (χ4v) is 1.96. The van der Waals surface area contributed by atoms with Gasteiger partial charge in [-0.25, -0.2) is 0 Å². The van der Waals surface area contributed by atoms with Gasteiger partial charge in [-0.05, 0) is 43.0 Å². The zero-order valence-electron chi connectivity index (χ0n) is 11.0. The smallest absolute Gasteiger partial charge is 0.225 e. The van der Waals surface area contributed by atoms with Crippen molar-refractivity contribution in [2.24, 2.45) is 11.7 Å². The van der Waals surface area contributed by atoms with E-state index >= 15 is 0 Å². The Hall–Kier alpha value is -1.55. The molecule has 0 heterocycles. The van der Waals surface area contributed by atoms with Gasteiger partial charge in [-0.3, -0.25) is 4.79 Å². The van der Waals surface area contributed by atoms with Crippen molar-refractivity contribution in [3.63, 3.8) is 0 Å². The molecule has 3 N–H and O–H groups in total. The van der Waals surface area contributed by atoms with Crippen LogP contribution < -0.4 is 16.0 Å². The maximum atomic E-state index is 11.8. The van der Waals surface area contributed by atoms with Crippen LogP contribution in [0.2, 0.25) is 0 Å². The molecule has 4 heteroatoms. The van der Waals surface area contributed by atoms with Gasteiger partial charge in [0.05, 0.1) is 0 Å². The number of nitrogens with zero attached hydrogens (tertiary/aromatic N) is 1. The quantitative estimate of drug-likeness (QED) is 0.834. The molecule has 1 aliphatic carbocycles. The Morgan fingerprint density at radius 2 is 2.00 bits per heavy atom. The molecule has 1 fully saturated rings. The third kappa shape index (κ3) is 3.47. The summed E-state index contributed by atoms with van der Waals surface area (Å²) in [7, 11) is 3.98. The number of rotatable bonds is 5. The van der Waals surface area contributed by atoms with Crippen LogP contribution in [0.15, 0.2) is 24.3 Å². The van der Waals surface area contributed by atoms with E-state index in [0.29, 0.717) is 12.3 Å². The van der Waals surface area contributed by atoms with Crippen molar-refractivity contribution in [1.29, 1.82) is 0 Å². The van der Waals surface area contributed by atoms with Crippen LogP contribution >= 0.6 is 0 Å². The molecule has 18 heavy (non-hydrogen) atoms. The number of carbonyl (C=O) groups is 1. The van der Waals surface area contributed by atoms with Crippen LogP contribution in [0.5, 0.6) is 0 Å². The molecule has 0 aliphatic heterocycles. The Morgan fingerprint density at radius 3 is 2.50 bits per heavy atom. The highest BCUT2D eigenvalue weighted by Crippen LogP contribution is 2.32. The van der Waals surface area contributed by atoms with Gasteiger partial charge in [-0.15, -0.1) is 0 Å². The summed E-state index contributed by atoms with van der Waals surface area (Å²) in [6.45, 7) is 0. The van der Waals surface area contributed by atoms with Crippen molar-refractivity contribution in [3.8, 4) is 0 Å². The molecule has 1 aromatic carbocycles. The minimum atomic E-state index is 0.00648. The molecule has 0 aromatic heterocycles. The first-order chi connectivity index (χ1) is 8.56. The second-order valence-corrected chi connectivity index (χ2v) is 5.19. The van der Waals surface area contributed by atoms with E-state index in [1.54, 1.807) is 0 Å². The van der Waals surface area contributed by atoms with Crippen molar-refractivity contribution in [3.05, 3.63) is 24.3 Å². The van der Waals surface area contributed by atoms with Crippen molar-refractivity contribution < 1.29 is 4.79 Å². The van der Waals surface area contributed by atoms with Crippen molar-refractivity contribution in [2.75, 3.05) is 24.3 Å². The molecular weight excluding hydrogens is 226 g/mol. The highest BCUT2D eigenvalue weighted by Gasteiger charge is 2.29. The van der Waals surface area contributed by atoms with Gasteiger partial charge in [0.2, 0.25) is 5.91 Å². The molecule has 98 valence electrons. The number of benzene rings is 1. The van der Waals surface area contributed by atoms with E-state index in [0.717, 1.165) is 11.4 Å². The Kier molecular flexibility index (Phi) is 3.87. The molecule has 0 spiro atoms. The number of hydrogen-bond acceptors (Lipinski definition) is 3. The number of carbonyl (C=O) groups excluding carboxylic acids is 1. The zero-order chi connectivity index (χ0) is 13.1.